The summed E-state index contributed by atoms with van der Waals surface area (Å²) in [7, 11) is 3.48. The lowest BCUT2D eigenvalue weighted by Gasteiger charge is -2.41. The second-order valence-electron chi connectivity index (χ2n) is 9.55. The normalized spacial score (nSPS) is 19.6. The van der Waals surface area contributed by atoms with Crippen LogP contribution in [0.2, 0.25) is 0 Å². The Balaban J connectivity index is 1.53. The molecule has 2 aliphatic rings. The van der Waals surface area contributed by atoms with Gasteiger partial charge < -0.3 is 24.4 Å². The Hall–Kier alpha value is -3.65. The number of nitrogens with one attached hydrogen (secondary N) is 1. The second kappa shape index (κ2) is 10.5. The number of hydrogen-bond acceptors (Lipinski definition) is 5. The third-order valence-electron chi connectivity index (χ3n) is 7.35. The fraction of sp³-hybridized carbons (Fsp3) is 0.393. The van der Waals surface area contributed by atoms with Crippen LogP contribution in [0.5, 0.6) is 5.75 Å². The summed E-state index contributed by atoms with van der Waals surface area (Å²) in [4.78, 5) is 34.0. The van der Waals surface area contributed by atoms with E-state index in [4.69, 9.17) is 4.74 Å². The minimum absolute atomic E-state index is 0.0202. The topological polar surface area (TPSA) is 79.7 Å². The molecule has 1 saturated heterocycles. The van der Waals surface area contributed by atoms with Gasteiger partial charge >= 0.3 is 0 Å². The minimum atomic E-state index is -0.0303. The highest BCUT2D eigenvalue weighted by Crippen LogP contribution is 2.36. The minimum Gasteiger partial charge on any atom is -0.496 e. The van der Waals surface area contributed by atoms with Crippen molar-refractivity contribution in [1.29, 1.82) is 0 Å². The van der Waals surface area contributed by atoms with Crippen molar-refractivity contribution in [2.24, 2.45) is 0 Å². The maximum atomic E-state index is 13.8. The summed E-state index contributed by atoms with van der Waals surface area (Å²) in [6.07, 6.45) is 8.24. The number of anilines is 1. The Kier molecular flexibility index (Phi) is 7.04. The molecule has 2 atom stereocenters. The Labute approximate surface area is 211 Å². The zero-order chi connectivity index (χ0) is 25.1. The summed E-state index contributed by atoms with van der Waals surface area (Å²) in [5, 5.41) is 3.66. The number of nitrogens with zero attached hydrogens (tertiary/aromatic N) is 4. The van der Waals surface area contributed by atoms with Crippen molar-refractivity contribution in [3.05, 3.63) is 77.9 Å². The zero-order valence-electron chi connectivity index (χ0n) is 20.9. The Morgan fingerprint density at radius 1 is 1.22 bits per heavy atom. The number of amides is 2. The molecule has 0 aliphatic carbocycles. The van der Waals surface area contributed by atoms with Crippen molar-refractivity contribution < 1.29 is 14.3 Å². The second-order valence-corrected chi connectivity index (χ2v) is 9.55. The van der Waals surface area contributed by atoms with Gasteiger partial charge in [0.1, 0.15) is 12.3 Å². The highest BCUT2D eigenvalue weighted by Gasteiger charge is 2.35. The number of imidazole rings is 1. The molecule has 0 spiro atoms. The highest BCUT2D eigenvalue weighted by molar-refractivity contribution is 5.96. The van der Waals surface area contributed by atoms with Crippen LogP contribution >= 0.6 is 0 Å². The molecule has 0 bridgehead atoms. The predicted molar refractivity (Wildman–Crippen MR) is 138 cm³/mol. The average Bonchev–Trinajstić information content (AvgIpc) is 3.42. The lowest BCUT2D eigenvalue weighted by molar-refractivity contribution is -0.136. The molecule has 188 valence electrons. The van der Waals surface area contributed by atoms with E-state index in [0.29, 0.717) is 19.4 Å². The molecule has 1 N–H and O–H groups in total. The van der Waals surface area contributed by atoms with Crippen molar-refractivity contribution in [3.8, 4) is 5.75 Å². The molecule has 2 aromatic carbocycles. The smallest absolute Gasteiger partial charge is 0.243 e. The van der Waals surface area contributed by atoms with Gasteiger partial charge in [-0.05, 0) is 49.1 Å². The molecule has 1 fully saturated rings. The molecule has 8 heteroatoms. The number of carbonyl (C=O) groups is 2. The standard InChI is InChI=1S/C28H33N5O3/c1-31-24-15-22(25(36-2)16-21(24)10-11-26(31)34)17-33(27(35)18-32-14-13-29-19-32)23-9-6-12-30-28(23)20-7-4-3-5-8-20/h3-5,7-8,13-16,19,23,28,30H,6,9-12,17-18H2,1-2H3. The molecular weight excluding hydrogens is 454 g/mol. The number of rotatable bonds is 7. The van der Waals surface area contributed by atoms with Gasteiger partial charge in [0.15, 0.2) is 0 Å². The number of benzene rings is 2. The number of ether oxygens (including phenoxy) is 1. The van der Waals surface area contributed by atoms with Gasteiger partial charge in [-0.15, -0.1) is 0 Å². The molecule has 2 aliphatic heterocycles. The van der Waals surface area contributed by atoms with Crippen LogP contribution in [-0.4, -0.2) is 53.0 Å². The van der Waals surface area contributed by atoms with Gasteiger partial charge in [0, 0.05) is 43.7 Å². The van der Waals surface area contributed by atoms with Gasteiger partial charge in [-0.1, -0.05) is 30.3 Å². The first-order chi connectivity index (χ1) is 17.5. The molecule has 2 unspecified atom stereocenters. The summed E-state index contributed by atoms with van der Waals surface area (Å²) in [6, 6.07) is 14.4. The third-order valence-corrected chi connectivity index (χ3v) is 7.35. The molecule has 5 rings (SSSR count). The van der Waals surface area contributed by atoms with Crippen LogP contribution in [-0.2, 0) is 29.1 Å². The van der Waals surface area contributed by atoms with Gasteiger partial charge in [-0.3, -0.25) is 9.59 Å². The van der Waals surface area contributed by atoms with E-state index in [2.05, 4.69) is 22.4 Å². The number of carbonyl (C=O) groups excluding carboxylic acids is 2. The monoisotopic (exact) mass is 487 g/mol. The van der Waals surface area contributed by atoms with Crippen molar-refractivity contribution in [1.82, 2.24) is 19.8 Å². The van der Waals surface area contributed by atoms with Crippen LogP contribution in [0.3, 0.4) is 0 Å². The zero-order valence-corrected chi connectivity index (χ0v) is 20.9. The molecule has 0 saturated carbocycles. The number of aryl methyl sites for hydroxylation is 1. The first kappa shape index (κ1) is 24.1. The molecule has 3 aromatic rings. The molecule has 8 nitrogen and oxygen atoms in total. The van der Waals surface area contributed by atoms with Crippen molar-refractivity contribution in [2.45, 2.75) is 50.9 Å². The fourth-order valence-corrected chi connectivity index (χ4v) is 5.43. The van der Waals surface area contributed by atoms with E-state index in [1.54, 1.807) is 29.1 Å². The summed E-state index contributed by atoms with van der Waals surface area (Å²) in [5.74, 6) is 0.871. The summed E-state index contributed by atoms with van der Waals surface area (Å²) in [6.45, 7) is 1.51. The van der Waals surface area contributed by atoms with Gasteiger partial charge in [0.25, 0.3) is 0 Å². The van der Waals surface area contributed by atoms with E-state index in [-0.39, 0.29) is 30.4 Å². The van der Waals surface area contributed by atoms with E-state index in [1.165, 1.54) is 5.56 Å². The van der Waals surface area contributed by atoms with Crippen LogP contribution in [0, 0.1) is 0 Å². The maximum absolute atomic E-state index is 13.8. The highest BCUT2D eigenvalue weighted by atomic mass is 16.5. The SMILES string of the molecule is COc1cc2c(cc1CN(C(=O)Cn1ccnc1)C1CCCNC1c1ccccc1)N(C)C(=O)CC2. The van der Waals surface area contributed by atoms with E-state index in [9.17, 15) is 9.59 Å². The lowest BCUT2D eigenvalue weighted by atomic mass is 9.90. The van der Waals surface area contributed by atoms with Gasteiger partial charge in [-0.25, -0.2) is 4.98 Å². The largest absolute Gasteiger partial charge is 0.496 e. The number of piperidine rings is 1. The maximum Gasteiger partial charge on any atom is 0.243 e. The molecule has 3 heterocycles. The van der Waals surface area contributed by atoms with E-state index in [1.807, 2.05) is 48.5 Å². The van der Waals surface area contributed by atoms with Gasteiger partial charge in [-0.2, -0.15) is 0 Å². The third kappa shape index (κ3) is 4.86. The van der Waals surface area contributed by atoms with E-state index in [0.717, 1.165) is 42.0 Å². The first-order valence-corrected chi connectivity index (χ1v) is 12.5. The number of hydrogen-bond donors (Lipinski definition) is 1. The summed E-state index contributed by atoms with van der Waals surface area (Å²) < 4.78 is 7.59. The molecule has 2 amide bonds. The number of fused-ring (bicyclic) bond motifs is 1. The van der Waals surface area contributed by atoms with Crippen molar-refractivity contribution in [3.63, 3.8) is 0 Å². The van der Waals surface area contributed by atoms with E-state index < -0.39 is 0 Å². The molecule has 0 radical (unpaired) electrons. The molecular formula is C28H33N5O3. The van der Waals surface area contributed by atoms with Crippen LogP contribution < -0.4 is 15.0 Å². The van der Waals surface area contributed by atoms with Crippen LogP contribution in [0.25, 0.3) is 0 Å². The molecule has 36 heavy (non-hydrogen) atoms. The van der Waals surface area contributed by atoms with Crippen LogP contribution in [0.4, 0.5) is 5.69 Å². The fourth-order valence-electron chi connectivity index (χ4n) is 5.43. The molecule has 1 aromatic heterocycles. The van der Waals surface area contributed by atoms with Crippen LogP contribution in [0.15, 0.2) is 61.2 Å². The van der Waals surface area contributed by atoms with Gasteiger partial charge in [0.05, 0.1) is 25.5 Å². The number of methoxy groups -OCH3 is 1. The summed E-state index contributed by atoms with van der Waals surface area (Å²) in [5.41, 5.74) is 4.06. The Morgan fingerprint density at radius 2 is 2.06 bits per heavy atom. The van der Waals surface area contributed by atoms with Crippen molar-refractivity contribution >= 4 is 17.5 Å². The van der Waals surface area contributed by atoms with E-state index >= 15 is 0 Å². The van der Waals surface area contributed by atoms with Gasteiger partial charge in [0.2, 0.25) is 11.8 Å². The lowest BCUT2D eigenvalue weighted by Crippen LogP contribution is -2.51. The Bertz CT molecular complexity index is 1210. The van der Waals surface area contributed by atoms with Crippen molar-refractivity contribution in [2.75, 3.05) is 25.6 Å². The quantitative estimate of drug-likeness (QED) is 0.553. The first-order valence-electron chi connectivity index (χ1n) is 12.5. The van der Waals surface area contributed by atoms with Crippen LogP contribution in [0.1, 0.15) is 42.0 Å². The predicted octanol–water partition coefficient (Wildman–Crippen LogP) is 3.32. The summed E-state index contributed by atoms with van der Waals surface area (Å²) >= 11 is 0. The number of aromatic nitrogens is 2. The Morgan fingerprint density at radius 3 is 2.81 bits per heavy atom. The average molecular weight is 488 g/mol.